The third kappa shape index (κ3) is 4.46. The Bertz CT molecular complexity index is 1170. The summed E-state index contributed by atoms with van der Waals surface area (Å²) in [5.74, 6) is 0.559. The second kappa shape index (κ2) is 8.50. The third-order valence-corrected chi connectivity index (χ3v) is 7.06. The lowest BCUT2D eigenvalue weighted by Crippen LogP contribution is -2.32. The van der Waals surface area contributed by atoms with E-state index in [0.29, 0.717) is 35.9 Å². The molecule has 0 spiro atoms. The fraction of sp³-hybridized carbons (Fsp3) is 0.318. The van der Waals surface area contributed by atoms with Gasteiger partial charge in [0.05, 0.1) is 11.4 Å². The van der Waals surface area contributed by atoms with E-state index in [1.54, 1.807) is 24.3 Å². The largest absolute Gasteiger partial charge is 0.340 e. The lowest BCUT2D eigenvalue weighted by atomic mass is 10.0. The Kier molecular flexibility index (Phi) is 5.77. The van der Waals surface area contributed by atoms with Gasteiger partial charge in [-0.2, -0.15) is 4.98 Å². The molecule has 1 aliphatic heterocycles. The van der Waals surface area contributed by atoms with Crippen LogP contribution in [0, 0.1) is 5.92 Å². The van der Waals surface area contributed by atoms with Crippen LogP contribution < -0.4 is 9.62 Å². The molecule has 8 nitrogen and oxygen atoms in total. The van der Waals surface area contributed by atoms with Gasteiger partial charge in [0.25, 0.3) is 5.91 Å². The Hall–Kier alpha value is -3.20. The highest BCUT2D eigenvalue weighted by Gasteiger charge is 2.29. The summed E-state index contributed by atoms with van der Waals surface area (Å²) in [5.41, 5.74) is 1.69. The van der Waals surface area contributed by atoms with E-state index in [0.717, 1.165) is 5.56 Å². The zero-order valence-electron chi connectivity index (χ0n) is 17.4. The molecule has 0 aliphatic carbocycles. The number of carbonyl (C=O) groups is 1. The monoisotopic (exact) mass is 440 g/mol. The Morgan fingerprint density at radius 1 is 1.13 bits per heavy atom. The Morgan fingerprint density at radius 2 is 1.90 bits per heavy atom. The van der Waals surface area contributed by atoms with Gasteiger partial charge in [0, 0.05) is 17.7 Å². The highest BCUT2D eigenvalue weighted by Crippen LogP contribution is 2.27. The number of rotatable bonds is 6. The summed E-state index contributed by atoms with van der Waals surface area (Å²) in [6, 6.07) is 15.6. The normalized spacial score (nSPS) is 16.4. The van der Waals surface area contributed by atoms with Crippen LogP contribution in [0.3, 0.4) is 0 Å². The van der Waals surface area contributed by atoms with Crippen molar-refractivity contribution in [3.05, 3.63) is 66.1 Å². The average Bonchev–Trinajstić information content (AvgIpc) is 3.38. The first-order chi connectivity index (χ1) is 14.8. The van der Waals surface area contributed by atoms with E-state index in [9.17, 15) is 13.2 Å². The zero-order valence-corrected chi connectivity index (χ0v) is 18.2. The van der Waals surface area contributed by atoms with Crippen molar-refractivity contribution in [2.75, 3.05) is 16.6 Å². The van der Waals surface area contributed by atoms with Gasteiger partial charge in [-0.05, 0) is 30.5 Å². The minimum Gasteiger partial charge on any atom is -0.340 e. The molecule has 0 radical (unpaired) electrons. The molecule has 1 amide bonds. The molecular weight excluding hydrogens is 416 g/mol. The minimum absolute atomic E-state index is 0.00448. The summed E-state index contributed by atoms with van der Waals surface area (Å²) in [5, 5.41) is 6.99. The maximum atomic E-state index is 13.0. The maximum absolute atomic E-state index is 13.0. The van der Waals surface area contributed by atoms with Crippen LogP contribution in [0.1, 0.15) is 42.6 Å². The third-order valence-electron chi connectivity index (χ3n) is 5.19. The molecule has 1 atom stereocenters. The van der Waals surface area contributed by atoms with Crippen LogP contribution in [0.25, 0.3) is 11.4 Å². The summed E-state index contributed by atoms with van der Waals surface area (Å²) in [6.07, 6.45) is 0.578. The number of anilines is 1. The molecule has 31 heavy (non-hydrogen) atoms. The SMILES string of the molecule is CC(C)[C@@H](NC(=O)c1cccc(N2CCCS2(=O)=O)c1)c1nc(-c2ccccc2)no1. The molecule has 4 rings (SSSR count). The van der Waals surface area contributed by atoms with Gasteiger partial charge < -0.3 is 9.84 Å². The first-order valence-electron chi connectivity index (χ1n) is 10.2. The van der Waals surface area contributed by atoms with Gasteiger partial charge in [-0.3, -0.25) is 9.10 Å². The van der Waals surface area contributed by atoms with Gasteiger partial charge in [-0.1, -0.05) is 55.4 Å². The lowest BCUT2D eigenvalue weighted by Gasteiger charge is -2.20. The molecule has 0 unspecified atom stereocenters. The van der Waals surface area contributed by atoms with Crippen molar-refractivity contribution in [2.24, 2.45) is 5.92 Å². The molecule has 0 bridgehead atoms. The van der Waals surface area contributed by atoms with E-state index in [4.69, 9.17) is 4.52 Å². The first-order valence-corrected chi connectivity index (χ1v) is 11.8. The number of nitrogens with zero attached hydrogens (tertiary/aromatic N) is 3. The van der Waals surface area contributed by atoms with Gasteiger partial charge in [0.15, 0.2) is 0 Å². The Morgan fingerprint density at radius 3 is 2.58 bits per heavy atom. The van der Waals surface area contributed by atoms with Gasteiger partial charge in [-0.15, -0.1) is 0 Å². The summed E-state index contributed by atoms with van der Waals surface area (Å²) >= 11 is 0. The Balaban J connectivity index is 1.55. The molecule has 2 aromatic carbocycles. The van der Waals surface area contributed by atoms with Crippen LogP contribution in [0.2, 0.25) is 0 Å². The summed E-state index contributed by atoms with van der Waals surface area (Å²) in [6.45, 7) is 4.32. The van der Waals surface area contributed by atoms with Crippen molar-refractivity contribution >= 4 is 21.6 Å². The van der Waals surface area contributed by atoms with E-state index in [-0.39, 0.29) is 17.6 Å². The summed E-state index contributed by atoms with van der Waals surface area (Å²) < 4.78 is 31.2. The van der Waals surface area contributed by atoms with Crippen LogP contribution in [-0.2, 0) is 10.0 Å². The predicted octanol–water partition coefficient (Wildman–Crippen LogP) is 3.40. The van der Waals surface area contributed by atoms with E-state index in [1.165, 1.54) is 4.31 Å². The van der Waals surface area contributed by atoms with Crippen molar-refractivity contribution in [2.45, 2.75) is 26.3 Å². The first kappa shape index (κ1) is 21.0. The lowest BCUT2D eigenvalue weighted by molar-refractivity contribution is 0.0914. The maximum Gasteiger partial charge on any atom is 0.252 e. The smallest absolute Gasteiger partial charge is 0.252 e. The summed E-state index contributed by atoms with van der Waals surface area (Å²) in [4.78, 5) is 17.4. The molecule has 2 heterocycles. The molecule has 1 aliphatic rings. The number of aromatic nitrogens is 2. The van der Waals surface area contributed by atoms with Crippen molar-refractivity contribution in [3.63, 3.8) is 0 Å². The fourth-order valence-corrected chi connectivity index (χ4v) is 5.09. The molecule has 1 aromatic heterocycles. The van der Waals surface area contributed by atoms with Gasteiger partial charge >= 0.3 is 0 Å². The second-order valence-corrected chi connectivity index (χ2v) is 9.82. The van der Waals surface area contributed by atoms with Crippen LogP contribution in [0.15, 0.2) is 59.1 Å². The number of amides is 1. The zero-order chi connectivity index (χ0) is 22.0. The van der Waals surface area contributed by atoms with Crippen molar-refractivity contribution in [3.8, 4) is 11.4 Å². The van der Waals surface area contributed by atoms with E-state index in [1.807, 2.05) is 44.2 Å². The van der Waals surface area contributed by atoms with Crippen molar-refractivity contribution in [1.29, 1.82) is 0 Å². The van der Waals surface area contributed by atoms with E-state index < -0.39 is 16.1 Å². The van der Waals surface area contributed by atoms with Gasteiger partial charge in [0.2, 0.25) is 21.7 Å². The number of nitrogens with one attached hydrogen (secondary N) is 1. The number of benzene rings is 2. The highest BCUT2D eigenvalue weighted by molar-refractivity contribution is 7.93. The van der Waals surface area contributed by atoms with E-state index >= 15 is 0 Å². The van der Waals surface area contributed by atoms with Crippen LogP contribution in [0.5, 0.6) is 0 Å². The molecular formula is C22H24N4O4S. The van der Waals surface area contributed by atoms with Gasteiger partial charge in [-0.25, -0.2) is 8.42 Å². The number of hydrogen-bond acceptors (Lipinski definition) is 6. The molecule has 1 saturated heterocycles. The molecule has 1 fully saturated rings. The van der Waals surface area contributed by atoms with Gasteiger partial charge in [0.1, 0.15) is 6.04 Å². The molecule has 3 aromatic rings. The molecule has 162 valence electrons. The fourth-order valence-electron chi connectivity index (χ4n) is 3.54. The van der Waals surface area contributed by atoms with Crippen LogP contribution in [-0.4, -0.2) is 36.8 Å². The van der Waals surface area contributed by atoms with Crippen molar-refractivity contribution in [1.82, 2.24) is 15.5 Å². The minimum atomic E-state index is -3.32. The van der Waals surface area contributed by atoms with Crippen LogP contribution in [0.4, 0.5) is 5.69 Å². The molecule has 1 N–H and O–H groups in total. The van der Waals surface area contributed by atoms with Crippen molar-refractivity contribution < 1.29 is 17.7 Å². The average molecular weight is 441 g/mol. The molecule has 9 heteroatoms. The van der Waals surface area contributed by atoms with Crippen LogP contribution >= 0.6 is 0 Å². The Labute approximate surface area is 181 Å². The van der Waals surface area contributed by atoms with E-state index in [2.05, 4.69) is 15.5 Å². The number of carbonyl (C=O) groups excluding carboxylic acids is 1. The molecule has 0 saturated carbocycles. The standard InChI is InChI=1S/C22H24N4O4S/c1-15(2)19(22-24-20(25-30-22)16-8-4-3-5-9-16)23-21(27)17-10-6-11-18(14-17)26-12-7-13-31(26,28)29/h3-6,8-11,14-15,19H,7,12-13H2,1-2H3,(H,23,27)/t19-/m1/s1. The highest BCUT2D eigenvalue weighted by atomic mass is 32.2. The quantitative estimate of drug-likeness (QED) is 0.630. The number of hydrogen-bond donors (Lipinski definition) is 1. The second-order valence-electron chi connectivity index (χ2n) is 7.81. The predicted molar refractivity (Wildman–Crippen MR) is 117 cm³/mol. The topological polar surface area (TPSA) is 105 Å². The summed E-state index contributed by atoms with van der Waals surface area (Å²) in [7, 11) is -3.32. The number of sulfonamides is 1.